The van der Waals surface area contributed by atoms with Gasteiger partial charge in [0.2, 0.25) is 0 Å². The first kappa shape index (κ1) is 15.0. The number of rotatable bonds is 4. The summed E-state index contributed by atoms with van der Waals surface area (Å²) < 4.78 is 16.1. The Morgan fingerprint density at radius 2 is 2.29 bits per heavy atom. The lowest BCUT2D eigenvalue weighted by Gasteiger charge is -2.43. The van der Waals surface area contributed by atoms with Crippen LogP contribution < -0.4 is 0 Å². The summed E-state index contributed by atoms with van der Waals surface area (Å²) in [6.07, 6.45) is 0.776. The first-order chi connectivity index (χ1) is 7.83. The van der Waals surface area contributed by atoms with Gasteiger partial charge in [-0.25, -0.2) is 0 Å². The molecule has 6 heteroatoms. The predicted molar refractivity (Wildman–Crippen MR) is 70.4 cm³/mol. The largest absolute Gasteiger partial charge is 0.466 e. The second-order valence-corrected chi connectivity index (χ2v) is 8.14. The average Bonchev–Trinajstić information content (AvgIpc) is 2.21. The van der Waals surface area contributed by atoms with Crippen molar-refractivity contribution >= 4 is 28.5 Å². The molecule has 17 heavy (non-hydrogen) atoms. The Labute approximate surface area is 109 Å². The number of hydrogen-bond acceptors (Lipinski definition) is 5. The van der Waals surface area contributed by atoms with Gasteiger partial charge in [-0.15, -0.1) is 11.8 Å². The van der Waals surface area contributed by atoms with E-state index in [4.69, 9.17) is 4.74 Å². The highest BCUT2D eigenvalue weighted by Crippen LogP contribution is 2.44. The highest BCUT2D eigenvalue weighted by molar-refractivity contribution is 8.13. The molecule has 1 heterocycles. The molecule has 0 aromatic rings. The first-order valence-electron chi connectivity index (χ1n) is 5.74. The van der Waals surface area contributed by atoms with Crippen molar-refractivity contribution in [2.75, 3.05) is 18.1 Å². The summed E-state index contributed by atoms with van der Waals surface area (Å²) in [6.45, 7) is 5.36. The Morgan fingerprint density at radius 3 is 2.82 bits per heavy atom. The molecule has 1 rings (SSSR count). The van der Waals surface area contributed by atoms with Crippen LogP contribution in [-0.2, 0) is 20.3 Å². The van der Waals surface area contributed by atoms with Crippen molar-refractivity contribution in [2.45, 2.75) is 43.3 Å². The van der Waals surface area contributed by atoms with E-state index in [9.17, 15) is 14.1 Å². The van der Waals surface area contributed by atoms with Gasteiger partial charge < -0.3 is 9.84 Å². The van der Waals surface area contributed by atoms with Crippen LogP contribution in [0.5, 0.6) is 0 Å². The van der Waals surface area contributed by atoms with Crippen LogP contribution >= 0.6 is 11.8 Å². The predicted octanol–water partition coefficient (Wildman–Crippen LogP) is 1.29. The number of esters is 1. The van der Waals surface area contributed by atoms with Crippen molar-refractivity contribution in [1.82, 2.24) is 0 Å². The molecule has 0 amide bonds. The summed E-state index contributed by atoms with van der Waals surface area (Å²) >= 11 is 1.48. The van der Waals surface area contributed by atoms with E-state index >= 15 is 0 Å². The Morgan fingerprint density at radius 1 is 1.65 bits per heavy atom. The van der Waals surface area contributed by atoms with E-state index in [1.165, 1.54) is 11.8 Å². The molecule has 4 nitrogen and oxygen atoms in total. The lowest BCUT2D eigenvalue weighted by Crippen LogP contribution is -2.54. The summed E-state index contributed by atoms with van der Waals surface area (Å²) in [7, 11) is -1.13. The van der Waals surface area contributed by atoms with Crippen LogP contribution in [0.2, 0.25) is 0 Å². The van der Waals surface area contributed by atoms with E-state index < -0.39 is 26.4 Å². The zero-order valence-corrected chi connectivity index (χ0v) is 12.2. The van der Waals surface area contributed by atoms with Gasteiger partial charge in [-0.1, -0.05) is 0 Å². The van der Waals surface area contributed by atoms with E-state index in [1.54, 1.807) is 20.8 Å². The average molecular weight is 280 g/mol. The van der Waals surface area contributed by atoms with Gasteiger partial charge >= 0.3 is 5.97 Å². The Kier molecular flexibility index (Phi) is 5.04. The zero-order valence-electron chi connectivity index (χ0n) is 10.5. The number of aliphatic hydroxyl groups is 1. The lowest BCUT2D eigenvalue weighted by molar-refractivity contribution is -0.148. The molecule has 1 N–H and O–H groups in total. The standard InChI is InChI=1S/C11H20O4S2/c1-4-15-9(12)8-10(2,13)11(3)16-6-5-7-17(11)14/h13H,4-8H2,1-3H3/t10-,11-,17-/m1/s1. The fraction of sp³-hybridized carbons (Fsp3) is 0.909. The molecule has 0 saturated carbocycles. The van der Waals surface area contributed by atoms with Crippen LogP contribution in [0.3, 0.4) is 0 Å². The lowest BCUT2D eigenvalue weighted by atomic mass is 9.98. The van der Waals surface area contributed by atoms with E-state index in [1.807, 2.05) is 0 Å². The van der Waals surface area contributed by atoms with E-state index in [0.717, 1.165) is 12.2 Å². The highest BCUT2D eigenvalue weighted by Gasteiger charge is 2.51. The van der Waals surface area contributed by atoms with Gasteiger partial charge in [0.25, 0.3) is 0 Å². The molecule has 1 aliphatic rings. The summed E-state index contributed by atoms with van der Waals surface area (Å²) in [5, 5.41) is 10.5. The molecule has 1 aliphatic heterocycles. The van der Waals surface area contributed by atoms with Crippen LogP contribution in [0.25, 0.3) is 0 Å². The number of carbonyl (C=O) groups is 1. The molecular weight excluding hydrogens is 260 g/mol. The third-order valence-electron chi connectivity index (χ3n) is 3.06. The maximum atomic E-state index is 12.1. The molecule has 0 bridgehead atoms. The minimum Gasteiger partial charge on any atom is -0.466 e. The number of thioether (sulfide) groups is 1. The molecule has 1 saturated heterocycles. The summed E-state index contributed by atoms with van der Waals surface area (Å²) in [6, 6.07) is 0. The van der Waals surface area contributed by atoms with Crippen LogP contribution in [0.15, 0.2) is 0 Å². The second kappa shape index (κ2) is 5.71. The Balaban J connectivity index is 2.79. The molecular formula is C11H20O4S2. The smallest absolute Gasteiger partial charge is 0.308 e. The summed E-state index contributed by atoms with van der Waals surface area (Å²) in [5.74, 6) is 1.01. The minimum atomic E-state index is -1.31. The maximum absolute atomic E-state index is 12.1. The molecule has 0 aromatic heterocycles. The number of ether oxygens (including phenoxy) is 1. The van der Waals surface area contributed by atoms with Crippen molar-refractivity contribution in [2.24, 2.45) is 0 Å². The van der Waals surface area contributed by atoms with Crippen molar-refractivity contribution in [3.05, 3.63) is 0 Å². The quantitative estimate of drug-likeness (QED) is 0.786. The first-order valence-corrected chi connectivity index (χ1v) is 8.04. The third-order valence-corrected chi connectivity index (χ3v) is 7.42. The monoisotopic (exact) mass is 280 g/mol. The summed E-state index contributed by atoms with van der Waals surface area (Å²) in [5.41, 5.74) is -1.31. The number of carbonyl (C=O) groups excluding carboxylic acids is 1. The van der Waals surface area contributed by atoms with E-state index in [-0.39, 0.29) is 6.42 Å². The maximum Gasteiger partial charge on any atom is 0.308 e. The second-order valence-electron chi connectivity index (χ2n) is 4.45. The van der Waals surface area contributed by atoms with E-state index in [0.29, 0.717) is 12.4 Å². The Bertz CT molecular complexity index is 317. The molecule has 0 aliphatic carbocycles. The number of hydrogen-bond donors (Lipinski definition) is 1. The topological polar surface area (TPSA) is 63.6 Å². The van der Waals surface area contributed by atoms with Gasteiger partial charge in [-0.3, -0.25) is 9.00 Å². The molecule has 0 unspecified atom stereocenters. The van der Waals surface area contributed by atoms with Crippen molar-refractivity contribution in [3.63, 3.8) is 0 Å². The molecule has 0 radical (unpaired) electrons. The van der Waals surface area contributed by atoms with Gasteiger partial charge in [-0.2, -0.15) is 0 Å². The highest BCUT2D eigenvalue weighted by atomic mass is 32.2. The van der Waals surface area contributed by atoms with Crippen LogP contribution in [-0.4, -0.2) is 43.1 Å². The normalized spacial score (nSPS) is 32.8. The van der Waals surface area contributed by atoms with Gasteiger partial charge in [0.1, 0.15) is 4.08 Å². The minimum absolute atomic E-state index is 0.115. The van der Waals surface area contributed by atoms with Crippen molar-refractivity contribution in [1.29, 1.82) is 0 Å². The fourth-order valence-electron chi connectivity index (χ4n) is 1.77. The van der Waals surface area contributed by atoms with Crippen LogP contribution in [0.4, 0.5) is 0 Å². The van der Waals surface area contributed by atoms with Gasteiger partial charge in [-0.05, 0) is 32.9 Å². The molecule has 0 spiro atoms. The zero-order chi connectivity index (χ0) is 13.1. The van der Waals surface area contributed by atoms with Crippen LogP contribution in [0, 0.1) is 0 Å². The van der Waals surface area contributed by atoms with Gasteiger partial charge in [0, 0.05) is 16.6 Å². The summed E-state index contributed by atoms with van der Waals surface area (Å²) in [4.78, 5) is 11.5. The van der Waals surface area contributed by atoms with Crippen LogP contribution in [0.1, 0.15) is 33.6 Å². The molecule has 3 atom stereocenters. The third kappa shape index (κ3) is 3.23. The van der Waals surface area contributed by atoms with Crippen molar-refractivity contribution < 1.29 is 18.8 Å². The Hall–Kier alpha value is -0.0700. The molecule has 0 aromatic carbocycles. The molecule has 1 fully saturated rings. The molecule has 100 valence electrons. The van der Waals surface area contributed by atoms with Gasteiger partial charge in [0.15, 0.2) is 0 Å². The van der Waals surface area contributed by atoms with Crippen molar-refractivity contribution in [3.8, 4) is 0 Å². The fourth-order valence-corrected chi connectivity index (χ4v) is 5.40. The van der Waals surface area contributed by atoms with Gasteiger partial charge in [0.05, 0.1) is 18.6 Å². The van der Waals surface area contributed by atoms with E-state index in [2.05, 4.69) is 0 Å². The SMILES string of the molecule is CCOC(=O)C[C@@](C)(O)[C@]1(C)SCCC[S@]1=O.